The number of ether oxygens (including phenoxy) is 1. The Morgan fingerprint density at radius 1 is 0.972 bits per heavy atom. The molecule has 0 aliphatic carbocycles. The number of rotatable bonds is 4. The molecule has 3 heterocycles. The van der Waals surface area contributed by atoms with Crippen LogP contribution in [0.3, 0.4) is 0 Å². The number of aliphatic hydroxyl groups excluding tert-OH is 1. The molecule has 6 heteroatoms. The quantitative estimate of drug-likeness (QED) is 0.578. The number of benzene rings is 2. The number of fused-ring (bicyclic) bond motifs is 1. The van der Waals surface area contributed by atoms with Crippen LogP contribution in [0, 0.1) is 11.8 Å². The van der Waals surface area contributed by atoms with Gasteiger partial charge in [0, 0.05) is 60.2 Å². The van der Waals surface area contributed by atoms with Gasteiger partial charge >= 0.3 is 0 Å². The second kappa shape index (κ2) is 10.9. The molecule has 0 spiro atoms. The third kappa shape index (κ3) is 4.99. The Hall–Kier alpha value is -3.66. The maximum atomic E-state index is 13.2. The summed E-state index contributed by atoms with van der Waals surface area (Å²) in [4.78, 5) is 21.6. The van der Waals surface area contributed by atoms with Crippen molar-refractivity contribution in [1.82, 2.24) is 14.8 Å². The van der Waals surface area contributed by atoms with E-state index < -0.39 is 0 Å². The van der Waals surface area contributed by atoms with Crippen molar-refractivity contribution in [1.29, 1.82) is 0 Å². The number of pyridine rings is 1. The Labute approximate surface area is 212 Å². The summed E-state index contributed by atoms with van der Waals surface area (Å²) in [7, 11) is 1.65. The number of hydrogen-bond donors (Lipinski definition) is 1. The lowest BCUT2D eigenvalue weighted by molar-refractivity contribution is -0.0606. The van der Waals surface area contributed by atoms with Crippen LogP contribution in [-0.2, 0) is 0 Å². The minimum absolute atomic E-state index is 0.0506. The number of carbonyl (C=O) groups excluding carboxylic acids is 1. The third-order valence-corrected chi connectivity index (χ3v) is 7.32. The second-order valence-corrected chi connectivity index (χ2v) is 9.38. The van der Waals surface area contributed by atoms with Crippen molar-refractivity contribution in [2.45, 2.75) is 30.8 Å². The summed E-state index contributed by atoms with van der Waals surface area (Å²) in [5, 5.41) is 10.2. The van der Waals surface area contributed by atoms with E-state index >= 15 is 0 Å². The van der Waals surface area contributed by atoms with E-state index in [1.807, 2.05) is 41.3 Å². The number of aliphatic hydroxyl groups is 1. The molecule has 36 heavy (non-hydrogen) atoms. The molecule has 1 N–H and O–H groups in total. The van der Waals surface area contributed by atoms with Gasteiger partial charge in [-0.3, -0.25) is 14.7 Å². The highest BCUT2D eigenvalue weighted by atomic mass is 16.5. The van der Waals surface area contributed by atoms with Gasteiger partial charge in [-0.1, -0.05) is 24.0 Å². The Bertz CT molecular complexity index is 1230. The van der Waals surface area contributed by atoms with E-state index in [1.165, 1.54) is 5.56 Å². The number of amides is 1. The van der Waals surface area contributed by atoms with E-state index in [0.717, 1.165) is 42.8 Å². The molecule has 3 atom stereocenters. The average molecular weight is 482 g/mol. The number of hydrogen-bond acceptors (Lipinski definition) is 5. The molecule has 0 bridgehead atoms. The number of carbonyl (C=O) groups is 1. The Kier molecular flexibility index (Phi) is 7.31. The molecule has 1 amide bonds. The third-order valence-electron chi connectivity index (χ3n) is 7.32. The van der Waals surface area contributed by atoms with Crippen LogP contribution >= 0.6 is 0 Å². The fraction of sp³-hybridized carbons (Fsp3) is 0.333. The summed E-state index contributed by atoms with van der Waals surface area (Å²) < 4.78 is 5.20. The van der Waals surface area contributed by atoms with Gasteiger partial charge in [-0.15, -0.1) is 0 Å². The molecule has 3 aromatic rings. The number of aromatic nitrogens is 1. The van der Waals surface area contributed by atoms with Crippen molar-refractivity contribution < 1.29 is 14.6 Å². The van der Waals surface area contributed by atoms with Crippen molar-refractivity contribution in [2.24, 2.45) is 0 Å². The van der Waals surface area contributed by atoms with Crippen molar-refractivity contribution in [3.63, 3.8) is 0 Å². The average Bonchev–Trinajstić information content (AvgIpc) is 2.92. The monoisotopic (exact) mass is 481 g/mol. The molecule has 2 aliphatic heterocycles. The summed E-state index contributed by atoms with van der Waals surface area (Å²) in [6.07, 6.45) is 5.30. The van der Waals surface area contributed by atoms with Gasteiger partial charge in [-0.05, 0) is 73.5 Å². The molecular weight excluding hydrogens is 450 g/mol. The van der Waals surface area contributed by atoms with Crippen LogP contribution in [0.5, 0.6) is 5.75 Å². The summed E-state index contributed by atoms with van der Waals surface area (Å²) in [6, 6.07) is 19.9. The number of nitrogens with zero attached hydrogens (tertiary/aromatic N) is 3. The Morgan fingerprint density at radius 2 is 1.61 bits per heavy atom. The first-order valence-corrected chi connectivity index (χ1v) is 12.5. The Morgan fingerprint density at radius 3 is 2.25 bits per heavy atom. The maximum Gasteiger partial charge on any atom is 0.254 e. The van der Waals surface area contributed by atoms with Gasteiger partial charge in [-0.2, -0.15) is 0 Å². The van der Waals surface area contributed by atoms with Gasteiger partial charge in [0.1, 0.15) is 5.75 Å². The Balaban J connectivity index is 1.33. The lowest BCUT2D eigenvalue weighted by atomic mass is 9.74. The van der Waals surface area contributed by atoms with Crippen LogP contribution < -0.4 is 4.74 Å². The minimum Gasteiger partial charge on any atom is -0.497 e. The van der Waals surface area contributed by atoms with Crippen LogP contribution in [0.15, 0.2) is 73.1 Å². The molecule has 2 aromatic carbocycles. The zero-order valence-corrected chi connectivity index (χ0v) is 20.5. The molecule has 5 rings (SSSR count). The second-order valence-electron chi connectivity index (χ2n) is 9.38. The van der Waals surface area contributed by atoms with E-state index in [1.54, 1.807) is 31.6 Å². The van der Waals surface area contributed by atoms with E-state index in [0.29, 0.717) is 12.1 Å². The highest BCUT2D eigenvalue weighted by molar-refractivity contribution is 5.94. The summed E-state index contributed by atoms with van der Waals surface area (Å²) in [5.74, 6) is 7.47. The summed E-state index contributed by atoms with van der Waals surface area (Å²) in [6.45, 7) is 2.47. The van der Waals surface area contributed by atoms with Crippen LogP contribution in [0.25, 0.3) is 0 Å². The molecule has 0 saturated carbocycles. The van der Waals surface area contributed by atoms with Gasteiger partial charge in [0.05, 0.1) is 13.7 Å². The van der Waals surface area contributed by atoms with Crippen molar-refractivity contribution in [3.8, 4) is 17.6 Å². The van der Waals surface area contributed by atoms with Crippen molar-refractivity contribution >= 4 is 5.91 Å². The normalized spacial score (nSPS) is 21.7. The lowest BCUT2D eigenvalue weighted by Gasteiger charge is -2.57. The van der Waals surface area contributed by atoms with Crippen molar-refractivity contribution in [2.75, 3.05) is 33.4 Å². The van der Waals surface area contributed by atoms with Crippen LogP contribution in [0.2, 0.25) is 0 Å². The maximum absolute atomic E-state index is 13.2. The highest BCUT2D eigenvalue weighted by Crippen LogP contribution is 2.42. The highest BCUT2D eigenvalue weighted by Gasteiger charge is 2.49. The molecular formula is C30H31N3O3. The molecule has 184 valence electrons. The zero-order valence-electron chi connectivity index (χ0n) is 20.5. The van der Waals surface area contributed by atoms with Gasteiger partial charge in [-0.25, -0.2) is 0 Å². The van der Waals surface area contributed by atoms with Gasteiger partial charge in [0.2, 0.25) is 0 Å². The van der Waals surface area contributed by atoms with Gasteiger partial charge in [0.15, 0.2) is 0 Å². The van der Waals surface area contributed by atoms with E-state index in [9.17, 15) is 9.90 Å². The molecule has 2 fully saturated rings. The SMILES string of the molecule is COc1ccc(C#Cc2ccc([C@H]3[C@@H](CO)N4CCCCN(C(=O)c5ccncc5)C[C@@H]34)cc2)cc1. The first-order chi connectivity index (χ1) is 17.7. The first-order valence-electron chi connectivity index (χ1n) is 12.5. The van der Waals surface area contributed by atoms with Crippen molar-refractivity contribution in [3.05, 3.63) is 95.3 Å². The van der Waals surface area contributed by atoms with E-state index in [4.69, 9.17) is 4.74 Å². The van der Waals surface area contributed by atoms with Crippen LogP contribution in [0.1, 0.15) is 45.8 Å². The fourth-order valence-corrected chi connectivity index (χ4v) is 5.41. The summed E-state index contributed by atoms with van der Waals surface area (Å²) >= 11 is 0. The fourth-order valence-electron chi connectivity index (χ4n) is 5.41. The standard InChI is InChI=1S/C30H31N3O3/c1-36-26-12-8-23(9-13-26)5-4-22-6-10-24(11-7-22)29-27-20-32(30(35)25-14-16-31-17-15-25)18-2-3-19-33(27)28(29)21-34/h6-17,27-29,34H,2-3,18-21H2,1H3/t27-,28+,29+/m0/s1. The van der Waals surface area contributed by atoms with Crippen LogP contribution in [0.4, 0.5) is 0 Å². The molecule has 2 aliphatic rings. The molecule has 6 nitrogen and oxygen atoms in total. The molecule has 0 unspecified atom stereocenters. The first kappa shape index (κ1) is 24.1. The van der Waals surface area contributed by atoms with Crippen LogP contribution in [-0.4, -0.2) is 71.2 Å². The molecule has 2 saturated heterocycles. The summed E-state index contributed by atoms with van der Waals surface area (Å²) in [5.41, 5.74) is 3.73. The number of methoxy groups -OCH3 is 1. The topological polar surface area (TPSA) is 65.9 Å². The minimum atomic E-state index is 0.0506. The lowest BCUT2D eigenvalue weighted by Crippen LogP contribution is -2.67. The molecule has 1 aromatic heterocycles. The predicted molar refractivity (Wildman–Crippen MR) is 139 cm³/mol. The smallest absolute Gasteiger partial charge is 0.254 e. The van der Waals surface area contributed by atoms with Gasteiger partial charge < -0.3 is 14.7 Å². The van der Waals surface area contributed by atoms with Gasteiger partial charge in [0.25, 0.3) is 5.91 Å². The molecule has 0 radical (unpaired) electrons. The van der Waals surface area contributed by atoms with E-state index in [-0.39, 0.29) is 30.5 Å². The predicted octanol–water partition coefficient (Wildman–Crippen LogP) is 3.55. The largest absolute Gasteiger partial charge is 0.497 e. The van der Waals surface area contributed by atoms with E-state index in [2.05, 4.69) is 33.9 Å². The zero-order chi connectivity index (χ0) is 24.9.